The molecule has 4 nitrogen and oxygen atoms in total. The molecule has 1 N–H and O–H groups in total. The fourth-order valence-electron chi connectivity index (χ4n) is 1.70. The third kappa shape index (κ3) is 1.48. The standard InChI is InChI=1S/C11H10BrNO3/c1-13-5-6(11(15)16-2)9-7(13)3-4-8(14)10(9)12/h3-5,14H,1-2H3. The van der Waals surface area contributed by atoms with Gasteiger partial charge in [-0.05, 0) is 28.1 Å². The summed E-state index contributed by atoms with van der Waals surface area (Å²) in [6.45, 7) is 0. The van der Waals surface area contributed by atoms with Crippen molar-refractivity contribution >= 4 is 32.8 Å². The highest BCUT2D eigenvalue weighted by atomic mass is 79.9. The number of fused-ring (bicyclic) bond motifs is 1. The van der Waals surface area contributed by atoms with E-state index in [1.54, 1.807) is 18.3 Å². The Morgan fingerprint density at radius 1 is 1.50 bits per heavy atom. The predicted octanol–water partition coefficient (Wildman–Crippen LogP) is 2.43. The summed E-state index contributed by atoms with van der Waals surface area (Å²) < 4.78 is 7.01. The minimum atomic E-state index is -0.420. The van der Waals surface area contributed by atoms with Crippen molar-refractivity contribution in [3.63, 3.8) is 0 Å². The van der Waals surface area contributed by atoms with Crippen LogP contribution >= 0.6 is 15.9 Å². The molecule has 5 heteroatoms. The van der Waals surface area contributed by atoms with Crippen molar-refractivity contribution in [3.05, 3.63) is 28.4 Å². The Kier molecular flexibility index (Phi) is 2.63. The van der Waals surface area contributed by atoms with Crippen LogP contribution in [-0.2, 0) is 11.8 Å². The topological polar surface area (TPSA) is 51.5 Å². The summed E-state index contributed by atoms with van der Waals surface area (Å²) in [4.78, 5) is 11.6. The fraction of sp³-hybridized carbons (Fsp3) is 0.182. The van der Waals surface area contributed by atoms with Gasteiger partial charge in [-0.25, -0.2) is 4.79 Å². The van der Waals surface area contributed by atoms with E-state index >= 15 is 0 Å². The van der Waals surface area contributed by atoms with Gasteiger partial charge in [0.1, 0.15) is 5.75 Å². The lowest BCUT2D eigenvalue weighted by Crippen LogP contribution is -1.99. The van der Waals surface area contributed by atoms with Gasteiger partial charge in [0.05, 0.1) is 22.7 Å². The lowest BCUT2D eigenvalue weighted by atomic mass is 10.1. The van der Waals surface area contributed by atoms with Crippen LogP contribution in [0.5, 0.6) is 5.75 Å². The van der Waals surface area contributed by atoms with Crippen LogP contribution < -0.4 is 0 Å². The molecule has 84 valence electrons. The van der Waals surface area contributed by atoms with E-state index < -0.39 is 5.97 Å². The Hall–Kier alpha value is -1.49. The van der Waals surface area contributed by atoms with E-state index in [9.17, 15) is 9.90 Å². The molecular weight excluding hydrogens is 274 g/mol. The number of methoxy groups -OCH3 is 1. The van der Waals surface area contributed by atoms with Gasteiger partial charge in [0.25, 0.3) is 0 Å². The Balaban J connectivity index is 2.85. The second-order valence-electron chi connectivity index (χ2n) is 3.44. The number of phenols is 1. The number of carbonyl (C=O) groups is 1. The smallest absolute Gasteiger partial charge is 0.340 e. The number of nitrogens with zero attached hydrogens (tertiary/aromatic N) is 1. The molecule has 16 heavy (non-hydrogen) atoms. The number of aromatic hydroxyl groups is 1. The number of aromatic nitrogens is 1. The molecule has 0 spiro atoms. The zero-order chi connectivity index (χ0) is 11.9. The van der Waals surface area contributed by atoms with Crippen LogP contribution in [0.1, 0.15) is 10.4 Å². The van der Waals surface area contributed by atoms with Crippen LogP contribution in [0.25, 0.3) is 10.9 Å². The molecule has 0 aliphatic carbocycles. The average Bonchev–Trinajstić information content (AvgIpc) is 2.61. The van der Waals surface area contributed by atoms with Crippen LogP contribution in [0.15, 0.2) is 22.8 Å². The van der Waals surface area contributed by atoms with E-state index in [0.717, 1.165) is 5.52 Å². The summed E-state index contributed by atoms with van der Waals surface area (Å²) in [5.74, 6) is -0.319. The van der Waals surface area contributed by atoms with E-state index in [0.29, 0.717) is 15.4 Å². The van der Waals surface area contributed by atoms with Gasteiger partial charge < -0.3 is 14.4 Å². The Morgan fingerprint density at radius 2 is 2.19 bits per heavy atom. The number of halogens is 1. The first-order valence-corrected chi connectivity index (χ1v) is 5.40. The van der Waals surface area contributed by atoms with Crippen LogP contribution in [-0.4, -0.2) is 22.8 Å². The summed E-state index contributed by atoms with van der Waals surface area (Å²) in [6, 6.07) is 3.33. The number of esters is 1. The molecular formula is C11H10BrNO3. The third-order valence-electron chi connectivity index (χ3n) is 2.48. The van der Waals surface area contributed by atoms with E-state index in [2.05, 4.69) is 15.9 Å². The molecule has 0 fully saturated rings. The van der Waals surface area contributed by atoms with Crippen LogP contribution in [0, 0.1) is 0 Å². The van der Waals surface area contributed by atoms with Crippen LogP contribution in [0.4, 0.5) is 0 Å². The molecule has 1 heterocycles. The molecule has 2 aromatic rings. The van der Waals surface area contributed by atoms with E-state index in [1.165, 1.54) is 7.11 Å². The van der Waals surface area contributed by atoms with Gasteiger partial charge in [0.15, 0.2) is 0 Å². The maximum Gasteiger partial charge on any atom is 0.340 e. The van der Waals surface area contributed by atoms with Crippen LogP contribution in [0.3, 0.4) is 0 Å². The van der Waals surface area contributed by atoms with Gasteiger partial charge in [-0.1, -0.05) is 0 Å². The molecule has 0 atom stereocenters. The second-order valence-corrected chi connectivity index (χ2v) is 4.23. The van der Waals surface area contributed by atoms with Crippen molar-refractivity contribution in [2.24, 2.45) is 7.05 Å². The number of hydrogen-bond donors (Lipinski definition) is 1. The van der Waals surface area contributed by atoms with Gasteiger partial charge in [-0.2, -0.15) is 0 Å². The quantitative estimate of drug-likeness (QED) is 0.818. The summed E-state index contributed by atoms with van der Waals surface area (Å²) in [5.41, 5.74) is 1.29. The van der Waals surface area contributed by atoms with E-state index in [4.69, 9.17) is 4.74 Å². The average molecular weight is 284 g/mol. The monoisotopic (exact) mass is 283 g/mol. The molecule has 0 saturated carbocycles. The molecule has 0 saturated heterocycles. The maximum atomic E-state index is 11.6. The van der Waals surface area contributed by atoms with Crippen molar-refractivity contribution in [1.82, 2.24) is 4.57 Å². The third-order valence-corrected chi connectivity index (χ3v) is 3.28. The van der Waals surface area contributed by atoms with Gasteiger partial charge in [0.2, 0.25) is 0 Å². The summed E-state index contributed by atoms with van der Waals surface area (Å²) in [6.07, 6.45) is 1.68. The van der Waals surface area contributed by atoms with Crippen molar-refractivity contribution in [2.45, 2.75) is 0 Å². The number of carbonyl (C=O) groups excluding carboxylic acids is 1. The first kappa shape index (κ1) is 11.0. The largest absolute Gasteiger partial charge is 0.507 e. The summed E-state index contributed by atoms with van der Waals surface area (Å²) in [5, 5.41) is 10.3. The Bertz CT molecular complexity index is 574. The lowest BCUT2D eigenvalue weighted by Gasteiger charge is -2.01. The minimum absolute atomic E-state index is 0.101. The number of hydrogen-bond acceptors (Lipinski definition) is 3. The molecule has 0 aliphatic rings. The minimum Gasteiger partial charge on any atom is -0.507 e. The number of benzene rings is 1. The molecule has 0 radical (unpaired) electrons. The zero-order valence-corrected chi connectivity index (χ0v) is 10.4. The van der Waals surface area contributed by atoms with Gasteiger partial charge in [-0.3, -0.25) is 0 Å². The van der Waals surface area contributed by atoms with Gasteiger partial charge in [-0.15, -0.1) is 0 Å². The second kappa shape index (κ2) is 3.83. The molecule has 0 unspecified atom stereocenters. The zero-order valence-electron chi connectivity index (χ0n) is 8.82. The van der Waals surface area contributed by atoms with E-state index in [-0.39, 0.29) is 5.75 Å². The van der Waals surface area contributed by atoms with Gasteiger partial charge >= 0.3 is 5.97 Å². The molecule has 2 rings (SSSR count). The first-order chi connectivity index (χ1) is 7.56. The van der Waals surface area contributed by atoms with E-state index in [1.807, 2.05) is 11.6 Å². The highest BCUT2D eigenvalue weighted by Crippen LogP contribution is 2.35. The molecule has 1 aromatic heterocycles. The maximum absolute atomic E-state index is 11.6. The number of rotatable bonds is 1. The lowest BCUT2D eigenvalue weighted by molar-refractivity contribution is 0.0602. The first-order valence-electron chi connectivity index (χ1n) is 4.61. The number of ether oxygens (including phenoxy) is 1. The van der Waals surface area contributed by atoms with Gasteiger partial charge in [0, 0.05) is 18.6 Å². The van der Waals surface area contributed by atoms with Crippen molar-refractivity contribution in [1.29, 1.82) is 0 Å². The highest BCUT2D eigenvalue weighted by molar-refractivity contribution is 9.10. The predicted molar refractivity (Wildman–Crippen MR) is 63.6 cm³/mol. The number of phenolic OH excluding ortho intramolecular Hbond substituents is 1. The Morgan fingerprint density at radius 3 is 2.81 bits per heavy atom. The summed E-state index contributed by atoms with van der Waals surface area (Å²) in [7, 11) is 3.16. The molecule has 0 bridgehead atoms. The van der Waals surface area contributed by atoms with Crippen molar-refractivity contribution < 1.29 is 14.6 Å². The van der Waals surface area contributed by atoms with Crippen molar-refractivity contribution in [2.75, 3.05) is 7.11 Å². The molecule has 0 amide bonds. The summed E-state index contributed by atoms with van der Waals surface area (Å²) >= 11 is 3.27. The SMILES string of the molecule is COC(=O)c1cn(C)c2ccc(O)c(Br)c12. The highest BCUT2D eigenvalue weighted by Gasteiger charge is 2.18. The molecule has 1 aromatic carbocycles. The molecule has 0 aliphatic heterocycles. The number of aryl methyl sites for hydroxylation is 1. The Labute approximate surface area is 101 Å². The van der Waals surface area contributed by atoms with Crippen LogP contribution in [0.2, 0.25) is 0 Å². The normalized spacial score (nSPS) is 10.7. The van der Waals surface area contributed by atoms with Crippen molar-refractivity contribution in [3.8, 4) is 5.75 Å². The fourth-order valence-corrected chi connectivity index (χ4v) is 2.25.